The largest absolute Gasteiger partial charge is 0.458 e. The molecule has 0 aliphatic carbocycles. The smallest absolute Gasteiger partial charge is 0.310 e. The standard InChI is InChI=1S/C12H12F5NO2Si/c1-18(8-4-3-5-9(6-8)21-2)10(19)11(14,20-7-13)12(15,16)17/h3-6H,7H2,1-2H3. The summed E-state index contributed by atoms with van der Waals surface area (Å²) in [6, 6.07) is 6.02. The van der Waals surface area contributed by atoms with Crippen LogP contribution in [0.25, 0.3) is 0 Å². The number of halogens is 5. The molecule has 0 saturated heterocycles. The van der Waals surface area contributed by atoms with E-state index in [1.807, 2.05) is 6.55 Å². The zero-order valence-electron chi connectivity index (χ0n) is 11.2. The van der Waals surface area contributed by atoms with Crippen molar-refractivity contribution >= 4 is 26.3 Å². The Labute approximate surface area is 120 Å². The van der Waals surface area contributed by atoms with Crippen LogP contribution < -0.4 is 10.1 Å². The van der Waals surface area contributed by atoms with Gasteiger partial charge >= 0.3 is 17.9 Å². The molecule has 0 fully saturated rings. The van der Waals surface area contributed by atoms with E-state index in [2.05, 4.69) is 4.74 Å². The molecule has 1 atom stereocenters. The van der Waals surface area contributed by atoms with E-state index in [1.54, 1.807) is 6.07 Å². The molecule has 1 amide bonds. The van der Waals surface area contributed by atoms with Gasteiger partial charge in [-0.25, -0.2) is 4.39 Å². The molecule has 0 N–H and O–H groups in total. The molecule has 0 heterocycles. The molecule has 1 rings (SSSR count). The Kier molecular flexibility index (Phi) is 5.46. The van der Waals surface area contributed by atoms with Crippen LogP contribution in [-0.4, -0.2) is 41.4 Å². The van der Waals surface area contributed by atoms with Crippen LogP contribution in [0.3, 0.4) is 0 Å². The lowest BCUT2D eigenvalue weighted by molar-refractivity contribution is -0.321. The Bertz CT molecular complexity index is 511. The Morgan fingerprint density at radius 3 is 2.43 bits per heavy atom. The molecule has 0 spiro atoms. The highest BCUT2D eigenvalue weighted by molar-refractivity contribution is 6.52. The minimum atomic E-state index is -5.69. The molecule has 0 aliphatic heterocycles. The zero-order valence-corrected chi connectivity index (χ0v) is 12.2. The molecule has 0 aliphatic rings. The molecule has 3 nitrogen and oxygen atoms in total. The van der Waals surface area contributed by atoms with Crippen LogP contribution >= 0.6 is 0 Å². The Balaban J connectivity index is 3.14. The second kappa shape index (κ2) is 6.52. The first-order valence-corrected chi connectivity index (χ1v) is 7.19. The van der Waals surface area contributed by atoms with Crippen molar-refractivity contribution in [2.24, 2.45) is 0 Å². The highest BCUT2D eigenvalue weighted by atomic mass is 28.2. The van der Waals surface area contributed by atoms with Gasteiger partial charge in [-0.2, -0.15) is 17.6 Å². The predicted octanol–water partition coefficient (Wildman–Crippen LogP) is 2.20. The summed E-state index contributed by atoms with van der Waals surface area (Å²) in [5.74, 6) is -6.76. The van der Waals surface area contributed by atoms with Crippen molar-refractivity contribution in [3.8, 4) is 0 Å². The highest BCUT2D eigenvalue weighted by Crippen LogP contribution is 2.37. The van der Waals surface area contributed by atoms with Crippen LogP contribution in [-0.2, 0) is 9.53 Å². The molecule has 21 heavy (non-hydrogen) atoms. The van der Waals surface area contributed by atoms with Crippen molar-refractivity contribution in [2.45, 2.75) is 18.6 Å². The minimum Gasteiger partial charge on any atom is -0.310 e. The molecular formula is C12H12F5NO2Si. The third-order valence-corrected chi connectivity index (χ3v) is 3.61. The van der Waals surface area contributed by atoms with Crippen LogP contribution in [0, 0.1) is 0 Å². The summed E-state index contributed by atoms with van der Waals surface area (Å²) < 4.78 is 67.2. The number of benzene rings is 1. The number of carbonyl (C=O) groups excluding carboxylic acids is 1. The third-order valence-electron chi connectivity index (χ3n) is 2.72. The van der Waals surface area contributed by atoms with E-state index < -0.39 is 24.8 Å². The molecule has 0 saturated carbocycles. The van der Waals surface area contributed by atoms with Gasteiger partial charge in [0.15, 0.2) is 6.86 Å². The van der Waals surface area contributed by atoms with Crippen LogP contribution in [0.1, 0.15) is 0 Å². The number of hydrogen-bond acceptors (Lipinski definition) is 2. The maximum absolute atomic E-state index is 13.8. The van der Waals surface area contributed by atoms with Crippen LogP contribution in [0.15, 0.2) is 24.3 Å². The monoisotopic (exact) mass is 325 g/mol. The predicted molar refractivity (Wildman–Crippen MR) is 68.1 cm³/mol. The van der Waals surface area contributed by atoms with Crippen LogP contribution in [0.2, 0.25) is 6.55 Å². The summed E-state index contributed by atoms with van der Waals surface area (Å²) >= 11 is 0. The Morgan fingerprint density at radius 1 is 1.33 bits per heavy atom. The fourth-order valence-electron chi connectivity index (χ4n) is 1.54. The van der Waals surface area contributed by atoms with Crippen molar-refractivity contribution in [3.05, 3.63) is 24.3 Å². The first kappa shape index (κ1) is 17.6. The third kappa shape index (κ3) is 3.59. The van der Waals surface area contributed by atoms with E-state index in [9.17, 15) is 26.7 Å². The fourth-order valence-corrected chi connectivity index (χ4v) is 2.10. The number of nitrogens with zero attached hydrogens (tertiary/aromatic N) is 1. The number of anilines is 1. The summed E-state index contributed by atoms with van der Waals surface area (Å²) in [7, 11) is 1.30. The molecule has 0 bridgehead atoms. The van der Waals surface area contributed by atoms with E-state index in [0.29, 0.717) is 14.4 Å². The number of rotatable bonds is 5. The number of ether oxygens (including phenoxy) is 1. The fraction of sp³-hybridized carbons (Fsp3) is 0.417. The lowest BCUT2D eigenvalue weighted by Crippen LogP contribution is -2.56. The van der Waals surface area contributed by atoms with Gasteiger partial charge in [-0.15, -0.1) is 0 Å². The first-order chi connectivity index (χ1) is 9.67. The molecular weight excluding hydrogens is 313 g/mol. The lowest BCUT2D eigenvalue weighted by atomic mass is 10.2. The summed E-state index contributed by atoms with van der Waals surface area (Å²) in [5, 5.41) is 0.773. The van der Waals surface area contributed by atoms with Crippen molar-refractivity contribution in [2.75, 3.05) is 18.8 Å². The van der Waals surface area contributed by atoms with Gasteiger partial charge in [-0.05, 0) is 12.1 Å². The van der Waals surface area contributed by atoms with Crippen LogP contribution in [0.4, 0.5) is 27.6 Å². The molecule has 1 aromatic carbocycles. The van der Waals surface area contributed by atoms with E-state index >= 15 is 0 Å². The molecule has 1 aromatic rings. The number of likely N-dealkylation sites (N-methyl/N-ethyl adjacent to an activating group) is 1. The summed E-state index contributed by atoms with van der Waals surface area (Å²) in [6.07, 6.45) is -5.69. The number of carbonyl (C=O) groups is 1. The molecule has 1 unspecified atom stereocenters. The van der Waals surface area contributed by atoms with Gasteiger partial charge in [0, 0.05) is 12.7 Å². The minimum absolute atomic E-state index is 0.0561. The van der Waals surface area contributed by atoms with Gasteiger partial charge in [0.1, 0.15) is 0 Å². The van der Waals surface area contributed by atoms with E-state index in [-0.39, 0.29) is 5.69 Å². The topological polar surface area (TPSA) is 29.5 Å². The average Bonchev–Trinajstić information content (AvgIpc) is 2.44. The van der Waals surface area contributed by atoms with E-state index in [1.165, 1.54) is 18.2 Å². The van der Waals surface area contributed by atoms with E-state index in [0.717, 1.165) is 12.2 Å². The lowest BCUT2D eigenvalue weighted by Gasteiger charge is -2.29. The van der Waals surface area contributed by atoms with Crippen molar-refractivity contribution < 1.29 is 31.5 Å². The van der Waals surface area contributed by atoms with Crippen LogP contribution in [0.5, 0.6) is 0 Å². The molecule has 2 radical (unpaired) electrons. The second-order valence-corrected chi connectivity index (χ2v) is 5.09. The van der Waals surface area contributed by atoms with Gasteiger partial charge in [0.2, 0.25) is 0 Å². The first-order valence-electron chi connectivity index (χ1n) is 5.69. The van der Waals surface area contributed by atoms with Gasteiger partial charge in [0.05, 0.1) is 9.52 Å². The second-order valence-electron chi connectivity index (χ2n) is 4.01. The maximum atomic E-state index is 13.8. The normalized spacial score (nSPS) is 14.6. The van der Waals surface area contributed by atoms with Gasteiger partial charge in [-0.1, -0.05) is 23.9 Å². The van der Waals surface area contributed by atoms with Gasteiger partial charge in [0.25, 0.3) is 0 Å². The quantitative estimate of drug-likeness (QED) is 0.614. The molecule has 0 aromatic heterocycles. The number of amides is 1. The highest BCUT2D eigenvalue weighted by Gasteiger charge is 2.65. The summed E-state index contributed by atoms with van der Waals surface area (Å²) in [6.45, 7) is -0.242. The summed E-state index contributed by atoms with van der Waals surface area (Å²) in [5.41, 5.74) is 0.0561. The van der Waals surface area contributed by atoms with Crippen molar-refractivity contribution in [1.29, 1.82) is 0 Å². The number of hydrogen-bond donors (Lipinski definition) is 0. The maximum Gasteiger partial charge on any atom is 0.458 e. The Hall–Kier alpha value is -1.48. The SMILES string of the molecule is C[Si]c1cccc(N(C)C(=O)C(F)(OCF)C(F)(F)F)c1. The molecule has 9 heteroatoms. The summed E-state index contributed by atoms with van der Waals surface area (Å²) in [4.78, 5) is 12.2. The average molecular weight is 325 g/mol. The van der Waals surface area contributed by atoms with Crippen molar-refractivity contribution in [3.63, 3.8) is 0 Å². The van der Waals surface area contributed by atoms with E-state index in [4.69, 9.17) is 0 Å². The van der Waals surface area contributed by atoms with Gasteiger partial charge in [-0.3, -0.25) is 9.53 Å². The molecule has 116 valence electrons. The van der Waals surface area contributed by atoms with Crippen molar-refractivity contribution in [1.82, 2.24) is 0 Å². The van der Waals surface area contributed by atoms with Gasteiger partial charge < -0.3 is 4.90 Å². The Morgan fingerprint density at radius 2 is 1.95 bits per heavy atom. The number of alkyl halides is 5. The zero-order chi connectivity index (χ0) is 16.3.